The molecule has 25 heavy (non-hydrogen) atoms. The molecule has 0 aliphatic rings. The van der Waals surface area contributed by atoms with Crippen LogP contribution in [0.2, 0.25) is 0 Å². The van der Waals surface area contributed by atoms with Crippen molar-refractivity contribution in [2.24, 2.45) is 0 Å². The maximum absolute atomic E-state index is 13.6. The third kappa shape index (κ3) is 2.98. The Morgan fingerprint density at radius 3 is 2.56 bits per heavy atom. The fourth-order valence-electron chi connectivity index (χ4n) is 3.02. The van der Waals surface area contributed by atoms with E-state index in [-0.39, 0.29) is 5.82 Å². The predicted molar refractivity (Wildman–Crippen MR) is 97.2 cm³/mol. The van der Waals surface area contributed by atoms with Crippen LogP contribution in [0.15, 0.2) is 72.8 Å². The first-order chi connectivity index (χ1) is 12.2. The van der Waals surface area contributed by atoms with Crippen LogP contribution >= 0.6 is 0 Å². The molecule has 4 rings (SSSR count). The molecule has 0 radical (unpaired) electrons. The molecule has 0 aliphatic carbocycles. The average molecular weight is 332 g/mol. The van der Waals surface area contributed by atoms with Crippen molar-refractivity contribution in [2.45, 2.75) is 6.54 Å². The zero-order valence-corrected chi connectivity index (χ0v) is 13.8. The molecule has 0 amide bonds. The molecule has 0 bridgehead atoms. The smallest absolute Gasteiger partial charge is 0.141 e. The number of hydrogen-bond acceptors (Lipinski definition) is 2. The van der Waals surface area contributed by atoms with E-state index in [1.807, 2.05) is 54.6 Å². The average Bonchev–Trinajstić information content (AvgIpc) is 3.00. The summed E-state index contributed by atoms with van der Waals surface area (Å²) in [5.74, 6) is 1.39. The normalized spacial score (nSPS) is 11.0. The van der Waals surface area contributed by atoms with Gasteiger partial charge < -0.3 is 9.30 Å². The lowest BCUT2D eigenvalue weighted by Gasteiger charge is -2.10. The van der Waals surface area contributed by atoms with Crippen LogP contribution in [0, 0.1) is 5.82 Å². The van der Waals surface area contributed by atoms with E-state index in [1.54, 1.807) is 19.2 Å². The lowest BCUT2D eigenvalue weighted by atomic mass is 10.2. The first-order valence-corrected chi connectivity index (χ1v) is 8.09. The van der Waals surface area contributed by atoms with Crippen molar-refractivity contribution in [3.63, 3.8) is 0 Å². The number of ether oxygens (including phenoxy) is 1. The van der Waals surface area contributed by atoms with Crippen LogP contribution in [-0.4, -0.2) is 16.7 Å². The first-order valence-electron chi connectivity index (χ1n) is 8.09. The van der Waals surface area contributed by atoms with Crippen LogP contribution in [0.1, 0.15) is 5.56 Å². The van der Waals surface area contributed by atoms with E-state index in [9.17, 15) is 4.39 Å². The summed E-state index contributed by atoms with van der Waals surface area (Å²) in [5, 5.41) is 0. The summed E-state index contributed by atoms with van der Waals surface area (Å²) in [6.07, 6.45) is 0. The van der Waals surface area contributed by atoms with Gasteiger partial charge in [0.1, 0.15) is 17.4 Å². The monoisotopic (exact) mass is 332 g/mol. The molecule has 0 atom stereocenters. The van der Waals surface area contributed by atoms with Crippen LogP contribution < -0.4 is 4.74 Å². The maximum atomic E-state index is 13.6. The Bertz CT molecular complexity index is 1020. The molecule has 0 aliphatic heterocycles. The molecular formula is C21H17FN2O. The van der Waals surface area contributed by atoms with Crippen LogP contribution in [0.5, 0.6) is 5.75 Å². The van der Waals surface area contributed by atoms with Crippen LogP contribution in [-0.2, 0) is 6.54 Å². The second-order valence-corrected chi connectivity index (χ2v) is 5.87. The van der Waals surface area contributed by atoms with Crippen LogP contribution in [0.25, 0.3) is 22.4 Å². The molecule has 0 N–H and O–H groups in total. The van der Waals surface area contributed by atoms with Gasteiger partial charge >= 0.3 is 0 Å². The number of fused-ring (bicyclic) bond motifs is 1. The van der Waals surface area contributed by atoms with Gasteiger partial charge in [0.25, 0.3) is 0 Å². The van der Waals surface area contributed by atoms with Crippen LogP contribution in [0.4, 0.5) is 4.39 Å². The minimum Gasteiger partial charge on any atom is -0.497 e. The number of nitrogens with zero attached hydrogens (tertiary/aromatic N) is 2. The highest BCUT2D eigenvalue weighted by Crippen LogP contribution is 2.28. The SMILES string of the molecule is COc1ccc2c(c1)nc(-c1ccccc1)n2Cc1cccc(F)c1. The lowest BCUT2D eigenvalue weighted by Crippen LogP contribution is -2.02. The Balaban J connectivity index is 1.90. The molecular weight excluding hydrogens is 315 g/mol. The summed E-state index contributed by atoms with van der Waals surface area (Å²) in [5.41, 5.74) is 3.76. The minimum atomic E-state index is -0.232. The van der Waals surface area contributed by atoms with Gasteiger partial charge in [-0.3, -0.25) is 0 Å². The van der Waals surface area contributed by atoms with Gasteiger partial charge in [-0.05, 0) is 29.8 Å². The molecule has 1 heterocycles. The number of rotatable bonds is 4. The number of halogens is 1. The molecule has 0 saturated carbocycles. The number of hydrogen-bond donors (Lipinski definition) is 0. The van der Waals surface area contributed by atoms with Crippen molar-refractivity contribution < 1.29 is 9.13 Å². The summed E-state index contributed by atoms with van der Waals surface area (Å²) in [4.78, 5) is 4.80. The minimum absolute atomic E-state index is 0.232. The van der Waals surface area contributed by atoms with Gasteiger partial charge in [0.15, 0.2) is 0 Å². The molecule has 4 heteroatoms. The first kappa shape index (κ1) is 15.4. The Morgan fingerprint density at radius 1 is 0.960 bits per heavy atom. The maximum Gasteiger partial charge on any atom is 0.141 e. The summed E-state index contributed by atoms with van der Waals surface area (Å²) in [6, 6.07) is 22.5. The molecule has 0 saturated heterocycles. The fourth-order valence-corrected chi connectivity index (χ4v) is 3.02. The quantitative estimate of drug-likeness (QED) is 0.531. The molecule has 0 spiro atoms. The van der Waals surface area contributed by atoms with Crippen molar-refractivity contribution in [1.29, 1.82) is 0 Å². The van der Waals surface area contributed by atoms with Gasteiger partial charge in [-0.2, -0.15) is 0 Å². The zero-order chi connectivity index (χ0) is 17.2. The molecule has 4 aromatic rings. The zero-order valence-electron chi connectivity index (χ0n) is 13.8. The third-order valence-corrected chi connectivity index (χ3v) is 4.22. The lowest BCUT2D eigenvalue weighted by molar-refractivity contribution is 0.415. The molecule has 3 nitrogen and oxygen atoms in total. The van der Waals surface area contributed by atoms with E-state index in [4.69, 9.17) is 9.72 Å². The topological polar surface area (TPSA) is 27.1 Å². The van der Waals surface area contributed by atoms with E-state index in [0.29, 0.717) is 6.54 Å². The van der Waals surface area contributed by atoms with Crippen molar-refractivity contribution in [3.8, 4) is 17.1 Å². The van der Waals surface area contributed by atoms with E-state index in [1.165, 1.54) is 6.07 Å². The number of benzene rings is 3. The molecule has 0 unspecified atom stereocenters. The molecule has 3 aromatic carbocycles. The van der Waals surface area contributed by atoms with Crippen molar-refractivity contribution in [1.82, 2.24) is 9.55 Å². The van der Waals surface area contributed by atoms with Crippen molar-refractivity contribution in [2.75, 3.05) is 7.11 Å². The predicted octanol–water partition coefficient (Wildman–Crippen LogP) is 4.90. The molecule has 1 aromatic heterocycles. The highest BCUT2D eigenvalue weighted by Gasteiger charge is 2.14. The number of methoxy groups -OCH3 is 1. The van der Waals surface area contributed by atoms with E-state index < -0.39 is 0 Å². The van der Waals surface area contributed by atoms with Gasteiger partial charge in [0.05, 0.1) is 18.1 Å². The van der Waals surface area contributed by atoms with Gasteiger partial charge in [-0.15, -0.1) is 0 Å². The summed E-state index contributed by atoms with van der Waals surface area (Å²) >= 11 is 0. The largest absolute Gasteiger partial charge is 0.497 e. The van der Waals surface area contributed by atoms with Crippen molar-refractivity contribution in [3.05, 3.63) is 84.2 Å². The Hall–Kier alpha value is -3.14. The van der Waals surface area contributed by atoms with E-state index in [0.717, 1.165) is 33.7 Å². The molecule has 0 fully saturated rings. The summed E-state index contributed by atoms with van der Waals surface area (Å²) < 4.78 is 21.0. The van der Waals surface area contributed by atoms with Gasteiger partial charge in [0, 0.05) is 18.2 Å². The number of imidazole rings is 1. The second kappa shape index (κ2) is 6.40. The third-order valence-electron chi connectivity index (χ3n) is 4.22. The van der Waals surface area contributed by atoms with Gasteiger partial charge in [0.2, 0.25) is 0 Å². The number of aromatic nitrogens is 2. The summed E-state index contributed by atoms with van der Waals surface area (Å²) in [6.45, 7) is 0.546. The second-order valence-electron chi connectivity index (χ2n) is 5.87. The van der Waals surface area contributed by atoms with Gasteiger partial charge in [-0.1, -0.05) is 42.5 Å². The standard InChI is InChI=1S/C21H17FN2O/c1-25-18-10-11-20-19(13-18)23-21(16-7-3-2-4-8-16)24(20)14-15-6-5-9-17(22)12-15/h2-13H,14H2,1H3. The Labute approximate surface area is 145 Å². The van der Waals surface area contributed by atoms with E-state index in [2.05, 4.69) is 4.57 Å². The fraction of sp³-hybridized carbons (Fsp3) is 0.0952. The molecule has 124 valence electrons. The highest BCUT2D eigenvalue weighted by atomic mass is 19.1. The Kier molecular flexibility index (Phi) is 3.94. The Morgan fingerprint density at radius 2 is 1.80 bits per heavy atom. The van der Waals surface area contributed by atoms with Gasteiger partial charge in [-0.25, -0.2) is 9.37 Å². The van der Waals surface area contributed by atoms with E-state index >= 15 is 0 Å². The highest BCUT2D eigenvalue weighted by molar-refractivity contribution is 5.82. The van der Waals surface area contributed by atoms with Crippen LogP contribution in [0.3, 0.4) is 0 Å². The van der Waals surface area contributed by atoms with Crippen molar-refractivity contribution >= 4 is 11.0 Å². The summed E-state index contributed by atoms with van der Waals surface area (Å²) in [7, 11) is 1.64.